The quantitative estimate of drug-likeness (QED) is 0.449. The molecule has 94 valence electrons. The summed E-state index contributed by atoms with van der Waals surface area (Å²) in [6.45, 7) is 4.92. The van der Waals surface area contributed by atoms with Crippen molar-refractivity contribution in [1.82, 2.24) is 4.98 Å². The van der Waals surface area contributed by atoms with E-state index in [4.69, 9.17) is 10.00 Å². The lowest BCUT2D eigenvalue weighted by molar-refractivity contribution is -0.385. The van der Waals surface area contributed by atoms with Crippen molar-refractivity contribution in [2.24, 2.45) is 0 Å². The molecule has 1 aromatic rings. The molecule has 0 aliphatic rings. The summed E-state index contributed by atoms with van der Waals surface area (Å²) < 4.78 is 5.00. The Labute approximate surface area is 103 Å². The Hall–Kier alpha value is -2.49. The number of hydrogen-bond acceptors (Lipinski definition) is 6. The van der Waals surface area contributed by atoms with Crippen molar-refractivity contribution in [3.63, 3.8) is 0 Å². The highest BCUT2D eigenvalue weighted by atomic mass is 16.6. The van der Waals surface area contributed by atoms with Gasteiger partial charge in [0.15, 0.2) is 0 Å². The number of pyridine rings is 1. The Morgan fingerprint density at radius 3 is 2.61 bits per heavy atom. The van der Waals surface area contributed by atoms with Gasteiger partial charge in [-0.2, -0.15) is 5.26 Å². The fraction of sp³-hybridized carbons (Fsp3) is 0.364. The van der Waals surface area contributed by atoms with Crippen LogP contribution in [0.4, 0.5) is 5.69 Å². The summed E-state index contributed by atoms with van der Waals surface area (Å²) >= 11 is 0. The Morgan fingerprint density at radius 1 is 1.56 bits per heavy atom. The summed E-state index contributed by atoms with van der Waals surface area (Å²) in [6, 6.07) is 2.71. The average molecular weight is 249 g/mol. The SMILES string of the molecule is CC(C)(C)OC(=O)c1ncc(C#N)cc1[N+](=O)[O-]. The van der Waals surface area contributed by atoms with Gasteiger partial charge in [0.25, 0.3) is 0 Å². The Kier molecular flexibility index (Phi) is 3.61. The third-order valence-corrected chi connectivity index (χ3v) is 1.79. The molecule has 0 N–H and O–H groups in total. The first-order valence-electron chi connectivity index (χ1n) is 5.02. The summed E-state index contributed by atoms with van der Waals surface area (Å²) in [6.07, 6.45) is 1.09. The molecule has 18 heavy (non-hydrogen) atoms. The molecule has 7 heteroatoms. The van der Waals surface area contributed by atoms with Gasteiger partial charge in [0.1, 0.15) is 11.7 Å². The third-order valence-electron chi connectivity index (χ3n) is 1.79. The van der Waals surface area contributed by atoms with Gasteiger partial charge in [0.2, 0.25) is 5.69 Å². The first-order chi connectivity index (χ1) is 8.24. The summed E-state index contributed by atoms with van der Waals surface area (Å²) in [5, 5.41) is 19.4. The fourth-order valence-electron chi connectivity index (χ4n) is 1.14. The highest BCUT2D eigenvalue weighted by molar-refractivity contribution is 5.92. The second kappa shape index (κ2) is 4.79. The summed E-state index contributed by atoms with van der Waals surface area (Å²) in [5.41, 5.74) is -1.72. The van der Waals surface area contributed by atoms with Crippen LogP contribution < -0.4 is 0 Å². The molecule has 0 fully saturated rings. The second-order valence-electron chi connectivity index (χ2n) is 4.46. The largest absolute Gasteiger partial charge is 0.455 e. The zero-order chi connectivity index (χ0) is 13.9. The Balaban J connectivity index is 3.21. The first-order valence-corrected chi connectivity index (χ1v) is 5.02. The first kappa shape index (κ1) is 13.6. The number of nitro groups is 1. The van der Waals surface area contributed by atoms with E-state index in [1.807, 2.05) is 0 Å². The minimum atomic E-state index is -0.890. The molecule has 1 aromatic heterocycles. The molecule has 7 nitrogen and oxygen atoms in total. The van der Waals surface area contributed by atoms with Gasteiger partial charge in [-0.1, -0.05) is 0 Å². The number of hydrogen-bond donors (Lipinski definition) is 0. The molecule has 0 saturated heterocycles. The number of nitrogens with zero attached hydrogens (tertiary/aromatic N) is 3. The molecule has 0 radical (unpaired) electrons. The van der Waals surface area contributed by atoms with Crippen LogP contribution >= 0.6 is 0 Å². The molecule has 1 heterocycles. The van der Waals surface area contributed by atoms with E-state index in [0.717, 1.165) is 12.3 Å². The van der Waals surface area contributed by atoms with Gasteiger partial charge < -0.3 is 4.74 Å². The highest BCUT2D eigenvalue weighted by Crippen LogP contribution is 2.20. The number of carbonyl (C=O) groups excluding carboxylic acids is 1. The molecule has 0 bridgehead atoms. The average Bonchev–Trinajstić information content (AvgIpc) is 2.25. The maximum atomic E-state index is 11.7. The van der Waals surface area contributed by atoms with Gasteiger partial charge in [-0.05, 0) is 20.8 Å². The van der Waals surface area contributed by atoms with Crippen LogP contribution in [0.3, 0.4) is 0 Å². The number of nitriles is 1. The summed E-state index contributed by atoms with van der Waals surface area (Å²) in [4.78, 5) is 25.4. The van der Waals surface area contributed by atoms with Gasteiger partial charge in [0, 0.05) is 12.3 Å². The van der Waals surface area contributed by atoms with E-state index < -0.39 is 27.9 Å². The summed E-state index contributed by atoms with van der Waals surface area (Å²) in [5.74, 6) is -0.890. The van der Waals surface area contributed by atoms with E-state index in [9.17, 15) is 14.9 Å². The molecule has 0 unspecified atom stereocenters. The van der Waals surface area contributed by atoms with Crippen molar-refractivity contribution in [3.8, 4) is 6.07 Å². The van der Waals surface area contributed by atoms with Crippen LogP contribution in [0.25, 0.3) is 0 Å². The Morgan fingerprint density at radius 2 is 2.17 bits per heavy atom. The summed E-state index contributed by atoms with van der Waals surface area (Å²) in [7, 11) is 0. The van der Waals surface area contributed by atoms with E-state index in [2.05, 4.69) is 4.98 Å². The van der Waals surface area contributed by atoms with Crippen LogP contribution in [0.5, 0.6) is 0 Å². The predicted molar refractivity (Wildman–Crippen MR) is 60.8 cm³/mol. The molecule has 1 rings (SSSR count). The van der Waals surface area contributed by atoms with Gasteiger partial charge in [0.05, 0.1) is 10.5 Å². The topological polar surface area (TPSA) is 106 Å². The predicted octanol–water partition coefficient (Wildman–Crippen LogP) is 1.82. The van der Waals surface area contributed by atoms with Crippen molar-refractivity contribution < 1.29 is 14.5 Å². The number of carbonyl (C=O) groups is 1. The van der Waals surface area contributed by atoms with Gasteiger partial charge in [-0.25, -0.2) is 9.78 Å². The van der Waals surface area contributed by atoms with Crippen molar-refractivity contribution in [2.45, 2.75) is 26.4 Å². The molecule has 0 aliphatic heterocycles. The van der Waals surface area contributed by atoms with Crippen LogP contribution in [0.1, 0.15) is 36.8 Å². The van der Waals surface area contributed by atoms with Crippen LogP contribution in [0, 0.1) is 21.4 Å². The van der Waals surface area contributed by atoms with Gasteiger partial charge in [-0.3, -0.25) is 10.1 Å². The third kappa shape index (κ3) is 3.25. The minimum Gasteiger partial charge on any atom is -0.455 e. The van der Waals surface area contributed by atoms with Crippen LogP contribution in [-0.4, -0.2) is 21.5 Å². The standard InChI is InChI=1S/C11H11N3O4/c1-11(2,3)18-10(15)9-8(14(16)17)4-7(5-12)6-13-9/h4,6H,1-3H3. The molecular weight excluding hydrogens is 238 g/mol. The zero-order valence-corrected chi connectivity index (χ0v) is 10.1. The van der Waals surface area contributed by atoms with Gasteiger partial charge >= 0.3 is 11.7 Å². The number of esters is 1. The lowest BCUT2D eigenvalue weighted by atomic mass is 10.2. The molecule has 0 spiro atoms. The fourth-order valence-corrected chi connectivity index (χ4v) is 1.14. The minimum absolute atomic E-state index is 0.00834. The van der Waals surface area contributed by atoms with Crippen LogP contribution in [0.2, 0.25) is 0 Å². The number of ether oxygens (including phenoxy) is 1. The van der Waals surface area contributed by atoms with E-state index in [-0.39, 0.29) is 5.56 Å². The monoisotopic (exact) mass is 249 g/mol. The molecule has 0 saturated carbocycles. The molecule has 0 atom stereocenters. The van der Waals surface area contributed by atoms with Crippen LogP contribution in [0.15, 0.2) is 12.3 Å². The smallest absolute Gasteiger partial charge is 0.364 e. The number of aromatic nitrogens is 1. The molecule has 0 aliphatic carbocycles. The van der Waals surface area contributed by atoms with Crippen molar-refractivity contribution in [3.05, 3.63) is 33.6 Å². The van der Waals surface area contributed by atoms with Crippen molar-refractivity contribution >= 4 is 11.7 Å². The maximum Gasteiger partial charge on any atom is 0.364 e. The van der Waals surface area contributed by atoms with E-state index >= 15 is 0 Å². The van der Waals surface area contributed by atoms with Gasteiger partial charge in [-0.15, -0.1) is 0 Å². The normalized spacial score (nSPS) is 10.6. The molecule has 0 amide bonds. The maximum absolute atomic E-state index is 11.7. The van der Waals surface area contributed by atoms with Crippen molar-refractivity contribution in [1.29, 1.82) is 5.26 Å². The zero-order valence-electron chi connectivity index (χ0n) is 10.1. The Bertz CT molecular complexity index is 540. The molecular formula is C11H11N3O4. The second-order valence-corrected chi connectivity index (χ2v) is 4.46. The van der Waals surface area contributed by atoms with Crippen molar-refractivity contribution in [2.75, 3.05) is 0 Å². The van der Waals surface area contributed by atoms with Crippen LogP contribution in [-0.2, 0) is 4.74 Å². The number of rotatable bonds is 2. The molecule has 0 aromatic carbocycles. The highest BCUT2D eigenvalue weighted by Gasteiger charge is 2.27. The lowest BCUT2D eigenvalue weighted by Crippen LogP contribution is -2.25. The van der Waals surface area contributed by atoms with E-state index in [0.29, 0.717) is 0 Å². The van der Waals surface area contributed by atoms with E-state index in [1.165, 1.54) is 0 Å². The van der Waals surface area contributed by atoms with E-state index in [1.54, 1.807) is 26.8 Å². The lowest BCUT2D eigenvalue weighted by Gasteiger charge is -2.18.